The summed E-state index contributed by atoms with van der Waals surface area (Å²) in [7, 11) is 0. The minimum absolute atomic E-state index is 0. The molecule has 0 atom stereocenters. The maximum absolute atomic E-state index is 10.2. The van der Waals surface area contributed by atoms with E-state index >= 15 is 0 Å². The Bertz CT molecular complexity index is 299. The van der Waals surface area contributed by atoms with Gasteiger partial charge < -0.3 is 17.0 Å². The Morgan fingerprint density at radius 2 is 1.79 bits per heavy atom. The molecule has 0 bridgehead atoms. The molecule has 0 fully saturated rings. The van der Waals surface area contributed by atoms with Gasteiger partial charge in [-0.3, -0.25) is 10.1 Å². The Labute approximate surface area is 124 Å². The molecule has 6 heteroatoms. The first-order chi connectivity index (χ1) is 5.74. The molecule has 5 nitrogen and oxygen atoms in total. The summed E-state index contributed by atoms with van der Waals surface area (Å²) in [6.07, 6.45) is 0. The van der Waals surface area contributed by atoms with Gasteiger partial charge in [-0.25, -0.2) is 0 Å². The number of carbonyl (C=O) groups excluding carboxylic acids is 1. The second-order valence-corrected chi connectivity index (χ2v) is 1.94. The smallest absolute Gasteiger partial charge is 0.610 e. The van der Waals surface area contributed by atoms with Crippen molar-refractivity contribution in [1.82, 2.24) is 0 Å². The van der Waals surface area contributed by atoms with Crippen LogP contribution in [0.2, 0.25) is 0 Å². The van der Waals surface area contributed by atoms with E-state index in [1.165, 1.54) is 30.7 Å². The summed E-state index contributed by atoms with van der Waals surface area (Å²) >= 11 is 0. The van der Waals surface area contributed by atoms with Gasteiger partial charge in [-0.15, -0.1) is 0 Å². The monoisotopic (exact) mass is 220 g/mol. The van der Waals surface area contributed by atoms with Crippen molar-refractivity contribution < 1.29 is 65.8 Å². The van der Waals surface area contributed by atoms with Crippen LogP contribution in [0.15, 0.2) is 24.3 Å². The van der Waals surface area contributed by atoms with Gasteiger partial charge in [-0.1, -0.05) is 12.1 Å². The van der Waals surface area contributed by atoms with E-state index < -0.39 is 4.92 Å². The molecule has 0 aliphatic carbocycles. The van der Waals surface area contributed by atoms with Crippen LogP contribution in [0.1, 0.15) is 0 Å². The van der Waals surface area contributed by atoms with Gasteiger partial charge in [0.05, 0.1) is 4.92 Å². The normalized spacial score (nSPS) is 7.71. The fraction of sp³-hybridized carbons (Fsp3) is 0. The molecule has 0 saturated heterocycles. The van der Waals surface area contributed by atoms with Crippen molar-refractivity contribution in [3.05, 3.63) is 41.8 Å². The Kier molecular flexibility index (Phi) is 9.32. The predicted octanol–water partition coefficient (Wildman–Crippen LogP) is -1.50. The molecule has 70 valence electrons. The zero-order valence-corrected chi connectivity index (χ0v) is 11.0. The van der Waals surface area contributed by atoms with Gasteiger partial charge in [0.25, 0.3) is 5.69 Å². The van der Waals surface area contributed by atoms with Crippen LogP contribution < -0.4 is 56.1 Å². The molecule has 0 heterocycles. The summed E-state index contributed by atoms with van der Waals surface area (Å²) in [5.74, 6) is 0.232. The van der Waals surface area contributed by atoms with Crippen molar-refractivity contribution in [2.24, 2.45) is 0 Å². The molecule has 0 saturated carbocycles. The Balaban J connectivity index is 0. The maximum atomic E-state index is 10.2. The van der Waals surface area contributed by atoms with Crippen LogP contribution in [0.3, 0.4) is 0 Å². The third-order valence-electron chi connectivity index (χ3n) is 1.21. The third kappa shape index (κ3) is 4.82. The molecule has 14 heavy (non-hydrogen) atoms. The molecule has 0 spiro atoms. The first-order valence-corrected chi connectivity index (χ1v) is 3.02. The van der Waals surface area contributed by atoms with Crippen molar-refractivity contribution >= 4 is 12.2 Å². The number of nitrogens with zero attached hydrogens (tertiary/aromatic N) is 1. The average molecular weight is 220 g/mol. The number of non-ortho nitro benzene ring substituents is 1. The van der Waals surface area contributed by atoms with E-state index in [1.54, 1.807) is 0 Å². The largest absolute Gasteiger partial charge is 1.00 e. The fourth-order valence-corrected chi connectivity index (χ4v) is 0.684. The molecule has 1 rings (SSSR count). The standard InChI is InChI=1S/C7H4NO4.CH3.K/c9-5-12-7-3-1-6(2-4-7)8(10)11;;/h1-4H;1H3;/q2*-1;+1. The SMILES string of the molecule is O=[C-]Oc1ccc([N+](=O)[O-])cc1.[CH3-].[K+]. The number of benzene rings is 1. The quantitative estimate of drug-likeness (QED) is 0.269. The van der Waals surface area contributed by atoms with Crippen molar-refractivity contribution in [3.8, 4) is 5.75 Å². The van der Waals surface area contributed by atoms with Crippen LogP contribution in [-0.4, -0.2) is 11.4 Å². The second kappa shape index (κ2) is 8.07. The molecular formula is C8H7KNO4-. The van der Waals surface area contributed by atoms with E-state index in [0.29, 0.717) is 0 Å². The molecule has 0 unspecified atom stereocenters. The summed E-state index contributed by atoms with van der Waals surface area (Å²) in [5.41, 5.74) is -0.0479. The van der Waals surface area contributed by atoms with Crippen LogP contribution in [0, 0.1) is 17.5 Å². The molecule has 0 aliphatic rings. The van der Waals surface area contributed by atoms with Crippen molar-refractivity contribution in [2.75, 3.05) is 0 Å². The van der Waals surface area contributed by atoms with E-state index in [1.807, 2.05) is 0 Å². The van der Waals surface area contributed by atoms with Crippen LogP contribution in [0.25, 0.3) is 0 Å². The Morgan fingerprint density at radius 3 is 2.14 bits per heavy atom. The summed E-state index contributed by atoms with van der Waals surface area (Å²) < 4.78 is 4.31. The second-order valence-electron chi connectivity index (χ2n) is 1.94. The Hall–Kier alpha value is -0.274. The molecular weight excluding hydrogens is 213 g/mol. The number of rotatable bonds is 3. The van der Waals surface area contributed by atoms with Gasteiger partial charge >= 0.3 is 51.4 Å². The van der Waals surface area contributed by atoms with E-state index in [2.05, 4.69) is 4.74 Å². The van der Waals surface area contributed by atoms with Crippen LogP contribution in [0.4, 0.5) is 5.69 Å². The van der Waals surface area contributed by atoms with E-state index in [4.69, 9.17) is 0 Å². The summed E-state index contributed by atoms with van der Waals surface area (Å²) in [6.45, 7) is 1.21. The minimum atomic E-state index is -0.533. The summed E-state index contributed by atoms with van der Waals surface area (Å²) in [5, 5.41) is 10.2. The average Bonchev–Trinajstić information content (AvgIpc) is 2.06. The molecule has 0 aliphatic heterocycles. The van der Waals surface area contributed by atoms with Gasteiger partial charge in [0, 0.05) is 12.1 Å². The summed E-state index contributed by atoms with van der Waals surface area (Å²) in [4.78, 5) is 19.3. The van der Waals surface area contributed by atoms with Crippen molar-refractivity contribution in [3.63, 3.8) is 0 Å². The van der Waals surface area contributed by atoms with E-state index in [-0.39, 0.29) is 70.2 Å². The minimum Gasteiger partial charge on any atom is -0.610 e. The first-order valence-electron chi connectivity index (χ1n) is 3.02. The molecule has 1 aromatic carbocycles. The molecule has 0 aromatic heterocycles. The van der Waals surface area contributed by atoms with Gasteiger partial charge in [-0.2, -0.15) is 0 Å². The maximum Gasteiger partial charge on any atom is 1.00 e. The van der Waals surface area contributed by atoms with Gasteiger partial charge in [-0.05, 0) is 5.75 Å². The van der Waals surface area contributed by atoms with Crippen molar-refractivity contribution in [2.45, 2.75) is 0 Å². The fourth-order valence-electron chi connectivity index (χ4n) is 0.684. The van der Waals surface area contributed by atoms with Gasteiger partial charge in [0.1, 0.15) is 0 Å². The van der Waals surface area contributed by atoms with E-state index in [9.17, 15) is 14.9 Å². The number of hydrogen-bond donors (Lipinski definition) is 0. The number of ether oxygens (including phenoxy) is 1. The van der Waals surface area contributed by atoms with E-state index in [0.717, 1.165) is 0 Å². The van der Waals surface area contributed by atoms with Gasteiger partial charge in [0.15, 0.2) is 6.47 Å². The molecule has 0 amide bonds. The van der Waals surface area contributed by atoms with Crippen molar-refractivity contribution in [1.29, 1.82) is 0 Å². The zero-order valence-electron chi connectivity index (χ0n) is 7.89. The predicted molar refractivity (Wildman–Crippen MR) is 45.8 cm³/mol. The van der Waals surface area contributed by atoms with Crippen LogP contribution in [-0.2, 0) is 4.79 Å². The molecule has 0 radical (unpaired) electrons. The molecule has 1 aromatic rings. The number of nitro groups is 1. The Morgan fingerprint density at radius 1 is 1.29 bits per heavy atom. The number of hydrogen-bond acceptors (Lipinski definition) is 4. The number of nitro benzene ring substituents is 1. The van der Waals surface area contributed by atoms with Crippen LogP contribution >= 0.6 is 0 Å². The summed E-state index contributed by atoms with van der Waals surface area (Å²) in [6, 6.07) is 5.13. The topological polar surface area (TPSA) is 69.4 Å². The third-order valence-corrected chi connectivity index (χ3v) is 1.21. The zero-order chi connectivity index (χ0) is 8.97. The first kappa shape index (κ1) is 16.2. The van der Waals surface area contributed by atoms with Gasteiger partial charge in [0.2, 0.25) is 0 Å². The van der Waals surface area contributed by atoms with Crippen LogP contribution in [0.5, 0.6) is 5.75 Å². The molecule has 0 N–H and O–H groups in total.